The Morgan fingerprint density at radius 2 is 1.62 bits per heavy atom. The zero-order chi connectivity index (χ0) is 17.7. The molecule has 0 saturated heterocycles. The van der Waals surface area contributed by atoms with Crippen molar-refractivity contribution in [3.8, 4) is 0 Å². The molecule has 2 aromatic rings. The Morgan fingerprint density at radius 3 is 2.17 bits per heavy atom. The monoisotopic (exact) mass is 385 g/mol. The van der Waals surface area contributed by atoms with E-state index in [1.807, 2.05) is 6.92 Å². The van der Waals surface area contributed by atoms with Crippen LogP contribution in [-0.2, 0) is 14.8 Å². The van der Waals surface area contributed by atoms with E-state index >= 15 is 0 Å². The molecule has 128 valence electrons. The van der Waals surface area contributed by atoms with E-state index in [-0.39, 0.29) is 17.9 Å². The third-order valence-corrected chi connectivity index (χ3v) is 5.74. The van der Waals surface area contributed by atoms with Crippen LogP contribution < -0.4 is 4.31 Å². The lowest BCUT2D eigenvalue weighted by molar-refractivity contribution is -0.111. The molecule has 0 amide bonds. The van der Waals surface area contributed by atoms with Crippen molar-refractivity contribution in [3.05, 3.63) is 59.1 Å². The van der Waals surface area contributed by atoms with E-state index in [1.165, 1.54) is 4.31 Å². The molecule has 0 aliphatic carbocycles. The number of carbonyl (C=O) groups excluding carboxylic acids is 1. The van der Waals surface area contributed by atoms with Crippen molar-refractivity contribution in [2.24, 2.45) is 0 Å². The predicted molar refractivity (Wildman–Crippen MR) is 97.3 cm³/mol. The molecule has 24 heavy (non-hydrogen) atoms. The summed E-state index contributed by atoms with van der Waals surface area (Å²) in [6.07, 6.45) is 0.436. The van der Waals surface area contributed by atoms with Crippen LogP contribution in [0, 0.1) is 6.92 Å². The van der Waals surface area contributed by atoms with Gasteiger partial charge in [-0.15, -0.1) is 0 Å². The topological polar surface area (TPSA) is 54.5 Å². The zero-order valence-electron chi connectivity index (χ0n) is 13.1. The minimum absolute atomic E-state index is 0.106. The van der Waals surface area contributed by atoms with Crippen LogP contribution in [-0.4, -0.2) is 20.2 Å². The van der Waals surface area contributed by atoms with Crippen molar-refractivity contribution in [3.63, 3.8) is 0 Å². The van der Waals surface area contributed by atoms with Crippen molar-refractivity contribution in [1.82, 2.24) is 0 Å². The van der Waals surface area contributed by atoms with Gasteiger partial charge in [-0.2, -0.15) is 0 Å². The maximum Gasteiger partial charge on any atom is 0.264 e. The molecule has 0 saturated carbocycles. The third-order valence-electron chi connectivity index (χ3n) is 3.46. The average Bonchev–Trinajstić information content (AvgIpc) is 2.53. The minimum atomic E-state index is -3.75. The van der Waals surface area contributed by atoms with Crippen molar-refractivity contribution >= 4 is 44.2 Å². The van der Waals surface area contributed by atoms with Crippen LogP contribution in [0.15, 0.2) is 53.4 Å². The molecule has 0 spiro atoms. The highest BCUT2D eigenvalue weighted by molar-refractivity contribution is 7.92. The molecule has 4 nitrogen and oxygen atoms in total. The first-order chi connectivity index (χ1) is 11.3. The van der Waals surface area contributed by atoms with Crippen LogP contribution in [0.5, 0.6) is 0 Å². The fraction of sp³-hybridized carbons (Fsp3) is 0.235. The van der Waals surface area contributed by atoms with Gasteiger partial charge in [-0.05, 0) is 61.3 Å². The standard InChI is InChI=1S/C17H17Cl2NO3S/c1-13-4-10-16(11-5-13)24(22,23)20(12-2-3-17(19)21)15-8-6-14(18)7-9-15/h4-11H,2-3,12H2,1H3. The number of carbonyl (C=O) groups is 1. The number of anilines is 1. The zero-order valence-corrected chi connectivity index (χ0v) is 15.4. The van der Waals surface area contributed by atoms with E-state index < -0.39 is 15.3 Å². The molecule has 0 heterocycles. The predicted octanol–water partition coefficient (Wildman–Crippen LogP) is 4.39. The van der Waals surface area contributed by atoms with Gasteiger partial charge >= 0.3 is 0 Å². The smallest absolute Gasteiger partial charge is 0.264 e. The van der Waals surface area contributed by atoms with Gasteiger partial charge in [0.2, 0.25) is 5.24 Å². The second-order valence-electron chi connectivity index (χ2n) is 5.33. The summed E-state index contributed by atoms with van der Waals surface area (Å²) in [6.45, 7) is 2.04. The Morgan fingerprint density at radius 1 is 1.04 bits per heavy atom. The lowest BCUT2D eigenvalue weighted by Gasteiger charge is -2.24. The van der Waals surface area contributed by atoms with E-state index in [0.29, 0.717) is 17.1 Å². The first-order valence-electron chi connectivity index (χ1n) is 7.34. The Balaban J connectivity index is 2.38. The van der Waals surface area contributed by atoms with Crippen LogP contribution in [0.4, 0.5) is 5.69 Å². The molecular formula is C17H17Cl2NO3S. The van der Waals surface area contributed by atoms with Gasteiger partial charge in [-0.3, -0.25) is 9.10 Å². The maximum absolute atomic E-state index is 13.0. The SMILES string of the molecule is Cc1ccc(S(=O)(=O)N(CCCC(=O)Cl)c2ccc(Cl)cc2)cc1. The fourth-order valence-electron chi connectivity index (χ4n) is 2.19. The normalized spacial score (nSPS) is 11.3. The number of nitrogens with zero attached hydrogens (tertiary/aromatic N) is 1. The molecule has 0 aromatic heterocycles. The summed E-state index contributed by atoms with van der Waals surface area (Å²) < 4.78 is 27.2. The largest absolute Gasteiger partial charge is 0.281 e. The Labute approximate surface area is 152 Å². The van der Waals surface area contributed by atoms with Gasteiger partial charge in [-0.25, -0.2) is 8.42 Å². The number of aryl methyl sites for hydroxylation is 1. The molecule has 0 bridgehead atoms. The van der Waals surface area contributed by atoms with Gasteiger partial charge in [0.1, 0.15) is 0 Å². The number of hydrogen-bond acceptors (Lipinski definition) is 3. The van der Waals surface area contributed by atoms with Crippen molar-refractivity contribution in [2.45, 2.75) is 24.7 Å². The third kappa shape index (κ3) is 4.72. The highest BCUT2D eigenvalue weighted by Gasteiger charge is 2.24. The second kappa shape index (κ2) is 8.01. The molecule has 2 rings (SSSR count). The van der Waals surface area contributed by atoms with Crippen LogP contribution >= 0.6 is 23.2 Å². The van der Waals surface area contributed by atoms with E-state index in [4.69, 9.17) is 23.2 Å². The molecule has 7 heteroatoms. The summed E-state index contributed by atoms with van der Waals surface area (Å²) in [7, 11) is -3.75. The number of halogens is 2. The van der Waals surface area contributed by atoms with Gasteiger partial charge in [-0.1, -0.05) is 29.3 Å². The number of sulfonamides is 1. The van der Waals surface area contributed by atoms with E-state index in [9.17, 15) is 13.2 Å². The molecule has 0 N–H and O–H groups in total. The molecule has 0 unspecified atom stereocenters. The first kappa shape index (κ1) is 18.8. The summed E-state index contributed by atoms with van der Waals surface area (Å²) in [4.78, 5) is 11.1. The van der Waals surface area contributed by atoms with Crippen molar-refractivity contribution in [2.75, 3.05) is 10.8 Å². The van der Waals surface area contributed by atoms with Gasteiger partial charge in [0.25, 0.3) is 10.0 Å². The first-order valence-corrected chi connectivity index (χ1v) is 9.53. The van der Waals surface area contributed by atoms with Gasteiger partial charge < -0.3 is 0 Å². The lowest BCUT2D eigenvalue weighted by atomic mass is 10.2. The highest BCUT2D eigenvalue weighted by Crippen LogP contribution is 2.26. The quantitative estimate of drug-likeness (QED) is 0.664. The Hall–Kier alpha value is -1.56. The molecule has 0 aliphatic heterocycles. The summed E-state index contributed by atoms with van der Waals surface area (Å²) in [5.74, 6) is 0. The fourth-order valence-corrected chi connectivity index (χ4v) is 3.96. The van der Waals surface area contributed by atoms with Crippen LogP contribution in [0.3, 0.4) is 0 Å². The summed E-state index contributed by atoms with van der Waals surface area (Å²) in [6, 6.07) is 13.2. The lowest BCUT2D eigenvalue weighted by Crippen LogP contribution is -2.32. The van der Waals surface area contributed by atoms with E-state index in [1.54, 1.807) is 48.5 Å². The van der Waals surface area contributed by atoms with Crippen LogP contribution in [0.2, 0.25) is 5.02 Å². The maximum atomic E-state index is 13.0. The summed E-state index contributed by atoms with van der Waals surface area (Å²) >= 11 is 11.2. The molecule has 2 aromatic carbocycles. The van der Waals surface area contributed by atoms with E-state index in [0.717, 1.165) is 5.56 Å². The van der Waals surface area contributed by atoms with Crippen molar-refractivity contribution in [1.29, 1.82) is 0 Å². The minimum Gasteiger partial charge on any atom is -0.281 e. The van der Waals surface area contributed by atoms with Crippen LogP contribution in [0.25, 0.3) is 0 Å². The Kier molecular flexibility index (Phi) is 6.27. The molecule has 0 fully saturated rings. The Bertz CT molecular complexity index is 803. The van der Waals surface area contributed by atoms with Crippen LogP contribution in [0.1, 0.15) is 18.4 Å². The molecular weight excluding hydrogens is 369 g/mol. The average molecular weight is 386 g/mol. The van der Waals surface area contributed by atoms with E-state index in [2.05, 4.69) is 0 Å². The number of rotatable bonds is 7. The van der Waals surface area contributed by atoms with Gasteiger partial charge in [0.05, 0.1) is 10.6 Å². The van der Waals surface area contributed by atoms with Gasteiger partial charge in [0, 0.05) is 18.0 Å². The molecule has 0 aliphatic rings. The van der Waals surface area contributed by atoms with Crippen molar-refractivity contribution < 1.29 is 13.2 Å². The second-order valence-corrected chi connectivity index (χ2v) is 8.05. The molecule has 0 radical (unpaired) electrons. The summed E-state index contributed by atoms with van der Waals surface area (Å²) in [5.41, 5.74) is 1.46. The number of hydrogen-bond donors (Lipinski definition) is 0. The number of benzene rings is 2. The highest BCUT2D eigenvalue weighted by atomic mass is 35.5. The van der Waals surface area contributed by atoms with Gasteiger partial charge in [0.15, 0.2) is 0 Å². The molecule has 0 atom stereocenters. The summed E-state index contributed by atoms with van der Waals surface area (Å²) in [5, 5.41) is 0.0289.